The smallest absolute Gasteiger partial charge is 0.270 e. The molecule has 0 aliphatic carbocycles. The van der Waals surface area contributed by atoms with Gasteiger partial charge >= 0.3 is 0 Å². The highest BCUT2D eigenvalue weighted by Gasteiger charge is 2.22. The number of nitrogens with zero attached hydrogens (tertiary/aromatic N) is 3. The van der Waals surface area contributed by atoms with Gasteiger partial charge in [-0.1, -0.05) is 18.2 Å². The third-order valence-corrected chi connectivity index (χ3v) is 4.72. The van der Waals surface area contributed by atoms with Gasteiger partial charge in [0.1, 0.15) is 23.8 Å². The molecule has 2 aromatic carbocycles. The summed E-state index contributed by atoms with van der Waals surface area (Å²) in [5, 5.41) is 2.83. The summed E-state index contributed by atoms with van der Waals surface area (Å²) >= 11 is 0. The topological polar surface area (TPSA) is 76.6 Å². The number of amides is 1. The summed E-state index contributed by atoms with van der Waals surface area (Å²) in [6, 6.07) is 17.1. The number of aromatic nitrogens is 2. The van der Waals surface area contributed by atoms with E-state index in [4.69, 9.17) is 9.47 Å². The van der Waals surface area contributed by atoms with E-state index in [1.165, 1.54) is 5.56 Å². The molecule has 0 saturated carbocycles. The van der Waals surface area contributed by atoms with E-state index in [9.17, 15) is 4.79 Å². The molecule has 4 rings (SSSR count). The van der Waals surface area contributed by atoms with Gasteiger partial charge in [0.05, 0.1) is 13.7 Å². The molecule has 1 aliphatic rings. The van der Waals surface area contributed by atoms with E-state index in [-0.39, 0.29) is 5.91 Å². The molecule has 2 heterocycles. The van der Waals surface area contributed by atoms with Crippen molar-refractivity contribution in [1.29, 1.82) is 0 Å². The molecule has 1 aromatic heterocycles. The molecule has 0 bridgehead atoms. The van der Waals surface area contributed by atoms with Crippen molar-refractivity contribution in [1.82, 2.24) is 15.3 Å². The first-order valence-electron chi connectivity index (χ1n) is 9.48. The number of hydrogen-bond acceptors (Lipinski definition) is 6. The maximum absolute atomic E-state index is 12.5. The van der Waals surface area contributed by atoms with E-state index in [0.29, 0.717) is 24.8 Å². The largest absolute Gasteiger partial charge is 0.497 e. The summed E-state index contributed by atoms with van der Waals surface area (Å²) in [5.74, 6) is 1.78. The van der Waals surface area contributed by atoms with Gasteiger partial charge in [0.2, 0.25) is 5.95 Å². The number of para-hydroxylation sites is 1. The average Bonchev–Trinajstić information content (AvgIpc) is 3.21. The highest BCUT2D eigenvalue weighted by atomic mass is 16.5. The van der Waals surface area contributed by atoms with Gasteiger partial charge in [-0.15, -0.1) is 0 Å². The zero-order valence-electron chi connectivity index (χ0n) is 16.2. The SMILES string of the molecule is COc1ccc(OCCNC(=O)c2ccnc(N3CCc4ccccc43)n2)cc1. The zero-order chi connectivity index (χ0) is 20.1. The lowest BCUT2D eigenvalue weighted by molar-refractivity contribution is 0.0942. The summed E-state index contributed by atoms with van der Waals surface area (Å²) in [5.41, 5.74) is 2.70. The fourth-order valence-electron chi connectivity index (χ4n) is 3.25. The maximum atomic E-state index is 12.5. The lowest BCUT2D eigenvalue weighted by Gasteiger charge is -2.17. The van der Waals surface area contributed by atoms with E-state index in [2.05, 4.69) is 27.4 Å². The van der Waals surface area contributed by atoms with Crippen LogP contribution in [0.2, 0.25) is 0 Å². The molecule has 1 aliphatic heterocycles. The summed E-state index contributed by atoms with van der Waals surface area (Å²) < 4.78 is 10.7. The summed E-state index contributed by atoms with van der Waals surface area (Å²) in [6.07, 6.45) is 2.56. The molecule has 148 valence electrons. The minimum atomic E-state index is -0.250. The van der Waals surface area contributed by atoms with Gasteiger partial charge in [0.15, 0.2) is 0 Å². The second-order valence-corrected chi connectivity index (χ2v) is 6.55. The normalized spacial score (nSPS) is 12.4. The van der Waals surface area contributed by atoms with Gasteiger partial charge in [0.25, 0.3) is 5.91 Å². The van der Waals surface area contributed by atoms with Crippen LogP contribution >= 0.6 is 0 Å². The van der Waals surface area contributed by atoms with Crippen LogP contribution in [0.5, 0.6) is 11.5 Å². The number of benzene rings is 2. The minimum absolute atomic E-state index is 0.250. The molecular formula is C22H22N4O3. The van der Waals surface area contributed by atoms with Crippen LogP contribution in [0.25, 0.3) is 0 Å². The Hall–Kier alpha value is -3.61. The maximum Gasteiger partial charge on any atom is 0.270 e. The summed E-state index contributed by atoms with van der Waals surface area (Å²) in [6.45, 7) is 1.53. The predicted molar refractivity (Wildman–Crippen MR) is 110 cm³/mol. The molecule has 7 heteroatoms. The number of methoxy groups -OCH3 is 1. The lowest BCUT2D eigenvalue weighted by Crippen LogP contribution is -2.29. The van der Waals surface area contributed by atoms with Crippen molar-refractivity contribution >= 4 is 17.5 Å². The van der Waals surface area contributed by atoms with Crippen LogP contribution in [0.3, 0.4) is 0 Å². The Kier molecular flexibility index (Phi) is 5.56. The Morgan fingerprint density at radius 3 is 2.72 bits per heavy atom. The lowest BCUT2D eigenvalue weighted by atomic mass is 10.2. The molecule has 0 saturated heterocycles. The van der Waals surface area contributed by atoms with Crippen molar-refractivity contribution in [3.05, 3.63) is 72.1 Å². The van der Waals surface area contributed by atoms with Gasteiger partial charge in [0, 0.05) is 18.4 Å². The number of rotatable bonds is 7. The molecular weight excluding hydrogens is 368 g/mol. The second-order valence-electron chi connectivity index (χ2n) is 6.55. The predicted octanol–water partition coefficient (Wildman–Crippen LogP) is 2.99. The number of anilines is 2. The van der Waals surface area contributed by atoms with Crippen LogP contribution in [0, 0.1) is 0 Å². The van der Waals surface area contributed by atoms with E-state index >= 15 is 0 Å². The van der Waals surface area contributed by atoms with Crippen molar-refractivity contribution < 1.29 is 14.3 Å². The molecule has 0 spiro atoms. The Morgan fingerprint density at radius 1 is 1.10 bits per heavy atom. The number of hydrogen-bond donors (Lipinski definition) is 1. The minimum Gasteiger partial charge on any atom is -0.497 e. The molecule has 3 aromatic rings. The number of ether oxygens (including phenoxy) is 2. The van der Waals surface area contributed by atoms with Crippen molar-refractivity contribution in [3.63, 3.8) is 0 Å². The fourth-order valence-corrected chi connectivity index (χ4v) is 3.25. The summed E-state index contributed by atoms with van der Waals surface area (Å²) in [7, 11) is 1.62. The van der Waals surface area contributed by atoms with E-state index in [1.54, 1.807) is 19.4 Å². The number of nitrogens with one attached hydrogen (secondary N) is 1. The Labute approximate surface area is 169 Å². The molecule has 0 unspecified atom stereocenters. The third kappa shape index (κ3) is 4.29. The number of carbonyl (C=O) groups is 1. The van der Waals surface area contributed by atoms with E-state index in [1.807, 2.05) is 41.3 Å². The van der Waals surface area contributed by atoms with Crippen molar-refractivity contribution in [2.45, 2.75) is 6.42 Å². The van der Waals surface area contributed by atoms with Crippen LogP contribution in [-0.2, 0) is 6.42 Å². The van der Waals surface area contributed by atoms with E-state index < -0.39 is 0 Å². The van der Waals surface area contributed by atoms with Crippen molar-refractivity contribution in [2.24, 2.45) is 0 Å². The monoisotopic (exact) mass is 390 g/mol. The Morgan fingerprint density at radius 2 is 1.90 bits per heavy atom. The van der Waals surface area contributed by atoms with Gasteiger partial charge in [-0.25, -0.2) is 9.97 Å². The van der Waals surface area contributed by atoms with Crippen LogP contribution in [0.4, 0.5) is 11.6 Å². The first-order chi connectivity index (χ1) is 14.2. The van der Waals surface area contributed by atoms with Gasteiger partial charge < -0.3 is 19.7 Å². The number of fused-ring (bicyclic) bond motifs is 1. The fraction of sp³-hybridized carbons (Fsp3) is 0.227. The van der Waals surface area contributed by atoms with Gasteiger partial charge in [-0.3, -0.25) is 4.79 Å². The highest BCUT2D eigenvalue weighted by Crippen LogP contribution is 2.32. The third-order valence-electron chi connectivity index (χ3n) is 4.72. The number of carbonyl (C=O) groups excluding carboxylic acids is 1. The molecule has 1 N–H and O–H groups in total. The zero-order valence-corrected chi connectivity index (χ0v) is 16.2. The van der Waals surface area contributed by atoms with Gasteiger partial charge in [-0.05, 0) is 48.4 Å². The van der Waals surface area contributed by atoms with Crippen LogP contribution in [-0.4, -0.2) is 42.7 Å². The average molecular weight is 390 g/mol. The first-order valence-corrected chi connectivity index (χ1v) is 9.48. The standard InChI is InChI=1S/C22H22N4O3/c1-28-17-6-8-18(9-7-17)29-15-13-23-21(27)19-10-12-24-22(25-19)26-14-11-16-4-2-3-5-20(16)26/h2-10,12H,11,13-15H2,1H3,(H,23,27). The van der Waals surface area contributed by atoms with Crippen LogP contribution in [0.1, 0.15) is 16.1 Å². The summed E-state index contributed by atoms with van der Waals surface area (Å²) in [4.78, 5) is 23.3. The van der Waals surface area contributed by atoms with Crippen LogP contribution < -0.4 is 19.7 Å². The molecule has 29 heavy (non-hydrogen) atoms. The van der Waals surface area contributed by atoms with E-state index in [0.717, 1.165) is 30.2 Å². The highest BCUT2D eigenvalue weighted by molar-refractivity contribution is 5.92. The van der Waals surface area contributed by atoms with Crippen molar-refractivity contribution in [3.8, 4) is 11.5 Å². The van der Waals surface area contributed by atoms with Crippen molar-refractivity contribution in [2.75, 3.05) is 31.7 Å². The Bertz CT molecular complexity index is 991. The second kappa shape index (κ2) is 8.60. The van der Waals surface area contributed by atoms with Crippen LogP contribution in [0.15, 0.2) is 60.8 Å². The molecule has 0 radical (unpaired) electrons. The molecule has 0 fully saturated rings. The first kappa shape index (κ1) is 18.7. The quantitative estimate of drug-likeness (QED) is 0.625. The molecule has 7 nitrogen and oxygen atoms in total. The Balaban J connectivity index is 1.33. The molecule has 0 atom stereocenters. The molecule has 1 amide bonds. The van der Waals surface area contributed by atoms with Gasteiger partial charge in [-0.2, -0.15) is 0 Å².